The van der Waals surface area contributed by atoms with Crippen LogP contribution in [0.25, 0.3) is 27.8 Å². The quantitative estimate of drug-likeness (QED) is 0.439. The minimum atomic E-state index is -0.579. The van der Waals surface area contributed by atoms with E-state index in [2.05, 4.69) is 28.2 Å². The van der Waals surface area contributed by atoms with E-state index in [9.17, 15) is 9.18 Å². The van der Waals surface area contributed by atoms with Gasteiger partial charge in [-0.05, 0) is 79.6 Å². The maximum Gasteiger partial charge on any atom is 0.410 e. The molecule has 1 aromatic carbocycles. The number of nitrogen functional groups attached to an aromatic ring is 1. The number of amides is 1. The van der Waals surface area contributed by atoms with Gasteiger partial charge in [-0.25, -0.2) is 14.8 Å². The van der Waals surface area contributed by atoms with Crippen LogP contribution in [0.15, 0.2) is 54.9 Å². The second kappa shape index (κ2) is 9.94. The van der Waals surface area contributed by atoms with Gasteiger partial charge in [0.05, 0.1) is 19.3 Å². The van der Waals surface area contributed by atoms with Crippen LogP contribution < -0.4 is 5.73 Å². The highest BCUT2D eigenvalue weighted by molar-refractivity contribution is 5.81. The Labute approximate surface area is 216 Å². The molecule has 0 aliphatic carbocycles. The Morgan fingerprint density at radius 1 is 1.11 bits per heavy atom. The van der Waals surface area contributed by atoms with Crippen molar-refractivity contribution in [3.8, 4) is 22.3 Å². The Bertz CT molecular complexity index is 1370. The number of anilines is 1. The van der Waals surface area contributed by atoms with Crippen molar-refractivity contribution >= 4 is 17.5 Å². The molecule has 37 heavy (non-hydrogen) atoms. The Kier molecular flexibility index (Phi) is 6.69. The van der Waals surface area contributed by atoms with Crippen LogP contribution in [0.3, 0.4) is 0 Å². The molecule has 3 aromatic rings. The zero-order valence-corrected chi connectivity index (χ0v) is 21.3. The Balaban J connectivity index is 1.57. The maximum absolute atomic E-state index is 13.8. The van der Waals surface area contributed by atoms with Crippen molar-refractivity contribution in [2.45, 2.75) is 45.3 Å². The van der Waals surface area contributed by atoms with Crippen molar-refractivity contribution in [3.63, 3.8) is 0 Å². The van der Waals surface area contributed by atoms with Crippen LogP contribution in [-0.4, -0.2) is 46.3 Å². The SMILES string of the molecule is CC(C)(C)OC(=O)N1CCC[C@H]1c1cc(-c2cnc(N)c(-c3ccnc(F)c3)c2)ccc1C1=CCOC1. The topological polar surface area (TPSA) is 90.6 Å². The van der Waals surface area contributed by atoms with Crippen LogP contribution in [0, 0.1) is 5.95 Å². The van der Waals surface area contributed by atoms with Gasteiger partial charge < -0.3 is 20.1 Å². The first kappa shape index (κ1) is 24.9. The predicted molar refractivity (Wildman–Crippen MR) is 141 cm³/mol. The van der Waals surface area contributed by atoms with Gasteiger partial charge in [-0.2, -0.15) is 4.39 Å². The molecule has 7 nitrogen and oxygen atoms in total. The predicted octanol–water partition coefficient (Wildman–Crippen LogP) is 6.02. The number of aromatic nitrogens is 2. The molecule has 1 amide bonds. The molecule has 0 spiro atoms. The molecule has 0 saturated carbocycles. The highest BCUT2D eigenvalue weighted by atomic mass is 19.1. The monoisotopic (exact) mass is 502 g/mol. The van der Waals surface area contributed by atoms with Crippen molar-refractivity contribution < 1.29 is 18.7 Å². The number of carbonyl (C=O) groups is 1. The summed E-state index contributed by atoms with van der Waals surface area (Å²) in [7, 11) is 0. The lowest BCUT2D eigenvalue weighted by Crippen LogP contribution is -2.36. The molecular weight excluding hydrogens is 471 g/mol. The summed E-state index contributed by atoms with van der Waals surface area (Å²) in [6, 6.07) is 11.1. The third-order valence-corrected chi connectivity index (χ3v) is 6.63. The van der Waals surface area contributed by atoms with E-state index < -0.39 is 11.5 Å². The zero-order valence-electron chi connectivity index (χ0n) is 21.3. The molecule has 2 aliphatic rings. The summed E-state index contributed by atoms with van der Waals surface area (Å²) >= 11 is 0. The maximum atomic E-state index is 13.8. The lowest BCUT2D eigenvalue weighted by atomic mass is 9.90. The van der Waals surface area contributed by atoms with Crippen molar-refractivity contribution in [2.24, 2.45) is 0 Å². The van der Waals surface area contributed by atoms with Crippen molar-refractivity contribution in [1.82, 2.24) is 14.9 Å². The van der Waals surface area contributed by atoms with Crippen LogP contribution in [0.5, 0.6) is 0 Å². The molecule has 0 radical (unpaired) electrons. The minimum absolute atomic E-state index is 0.123. The number of pyridine rings is 2. The first-order valence-electron chi connectivity index (χ1n) is 12.5. The first-order chi connectivity index (χ1) is 17.7. The molecular formula is C29H31FN4O3. The molecule has 2 aromatic heterocycles. The van der Waals surface area contributed by atoms with Crippen molar-refractivity contribution in [2.75, 3.05) is 25.5 Å². The summed E-state index contributed by atoms with van der Waals surface area (Å²) < 4.78 is 25.1. The number of nitrogens with zero attached hydrogens (tertiary/aromatic N) is 3. The average Bonchev–Trinajstić information content (AvgIpc) is 3.56. The van der Waals surface area contributed by atoms with Gasteiger partial charge in [0, 0.05) is 36.1 Å². The second-order valence-corrected chi connectivity index (χ2v) is 10.4. The number of nitrogens with two attached hydrogens (primary N) is 1. The van der Waals surface area contributed by atoms with Gasteiger partial charge in [0.25, 0.3) is 0 Å². The van der Waals surface area contributed by atoms with Gasteiger partial charge in [-0.3, -0.25) is 0 Å². The number of carbonyl (C=O) groups excluding carboxylic acids is 1. The summed E-state index contributed by atoms with van der Waals surface area (Å²) in [6.07, 6.45) is 6.64. The van der Waals surface area contributed by atoms with E-state index in [1.54, 1.807) is 12.3 Å². The molecule has 1 saturated heterocycles. The summed E-state index contributed by atoms with van der Waals surface area (Å²) in [6.45, 7) is 7.38. The van der Waals surface area contributed by atoms with Gasteiger partial charge in [-0.15, -0.1) is 0 Å². The molecule has 0 unspecified atom stereocenters. The van der Waals surface area contributed by atoms with Gasteiger partial charge in [0.2, 0.25) is 5.95 Å². The van der Waals surface area contributed by atoms with E-state index in [0.29, 0.717) is 36.7 Å². The molecule has 2 aliphatic heterocycles. The first-order valence-corrected chi connectivity index (χ1v) is 12.5. The fraction of sp³-hybridized carbons (Fsp3) is 0.345. The summed E-state index contributed by atoms with van der Waals surface area (Å²) in [4.78, 5) is 23.0. The van der Waals surface area contributed by atoms with Crippen LogP contribution in [0.2, 0.25) is 0 Å². The highest BCUT2D eigenvalue weighted by Gasteiger charge is 2.35. The van der Waals surface area contributed by atoms with E-state index in [1.807, 2.05) is 37.8 Å². The normalized spacial score (nSPS) is 17.7. The largest absolute Gasteiger partial charge is 0.444 e. The Hall–Kier alpha value is -3.78. The van der Waals surface area contributed by atoms with Crippen LogP contribution in [-0.2, 0) is 9.47 Å². The number of halogens is 1. The van der Waals surface area contributed by atoms with Gasteiger partial charge >= 0.3 is 6.09 Å². The third kappa shape index (κ3) is 5.34. The Morgan fingerprint density at radius 3 is 2.68 bits per heavy atom. The molecule has 2 N–H and O–H groups in total. The minimum Gasteiger partial charge on any atom is -0.444 e. The standard InChI is InChI=1S/C29H31FN4O3/c1-29(2,3)37-28(35)34-11-4-5-25(34)24-13-18(6-7-22(24)20-9-12-36-17-20)21-14-23(27(31)33-16-21)19-8-10-32-26(30)15-19/h6-10,13-16,25H,4-5,11-12,17H2,1-3H3,(H2,31,33)/t25-/m0/s1. The molecule has 5 rings (SSSR count). The lowest BCUT2D eigenvalue weighted by molar-refractivity contribution is 0.0224. The zero-order chi connectivity index (χ0) is 26.2. The number of ether oxygens (including phenoxy) is 2. The van der Waals surface area contributed by atoms with Crippen LogP contribution in [0.1, 0.15) is 50.8 Å². The Morgan fingerprint density at radius 2 is 1.95 bits per heavy atom. The number of likely N-dealkylation sites (tertiary alicyclic amines) is 1. The van der Waals surface area contributed by atoms with Gasteiger partial charge in [0.15, 0.2) is 0 Å². The fourth-order valence-electron chi connectivity index (χ4n) is 4.95. The second-order valence-electron chi connectivity index (χ2n) is 10.4. The van der Waals surface area contributed by atoms with Gasteiger partial charge in [-0.1, -0.05) is 18.2 Å². The van der Waals surface area contributed by atoms with E-state index in [1.165, 1.54) is 12.3 Å². The highest BCUT2D eigenvalue weighted by Crippen LogP contribution is 2.40. The smallest absolute Gasteiger partial charge is 0.410 e. The van der Waals surface area contributed by atoms with E-state index in [-0.39, 0.29) is 12.1 Å². The molecule has 0 bridgehead atoms. The van der Waals surface area contributed by atoms with E-state index >= 15 is 0 Å². The number of rotatable bonds is 4. The lowest BCUT2D eigenvalue weighted by Gasteiger charge is -2.30. The van der Waals surface area contributed by atoms with Crippen molar-refractivity contribution in [3.05, 3.63) is 71.9 Å². The molecule has 4 heterocycles. The summed E-state index contributed by atoms with van der Waals surface area (Å²) in [5.74, 6) is -0.268. The van der Waals surface area contributed by atoms with Crippen LogP contribution >= 0.6 is 0 Å². The summed E-state index contributed by atoms with van der Waals surface area (Å²) in [5, 5.41) is 0. The molecule has 1 fully saturated rings. The molecule has 1 atom stereocenters. The third-order valence-electron chi connectivity index (χ3n) is 6.63. The van der Waals surface area contributed by atoms with Crippen molar-refractivity contribution in [1.29, 1.82) is 0 Å². The van der Waals surface area contributed by atoms with E-state index in [0.717, 1.165) is 40.7 Å². The number of benzene rings is 1. The number of hydrogen-bond donors (Lipinski definition) is 1. The summed E-state index contributed by atoms with van der Waals surface area (Å²) in [5.41, 5.74) is 11.8. The number of hydrogen-bond acceptors (Lipinski definition) is 6. The fourth-order valence-corrected chi connectivity index (χ4v) is 4.95. The molecule has 192 valence electrons. The van der Waals surface area contributed by atoms with E-state index in [4.69, 9.17) is 15.2 Å². The van der Waals surface area contributed by atoms with Gasteiger partial charge in [0.1, 0.15) is 11.4 Å². The van der Waals surface area contributed by atoms with Crippen LogP contribution in [0.4, 0.5) is 15.0 Å². The average molecular weight is 503 g/mol. The molecule has 8 heteroatoms.